The third-order valence-corrected chi connectivity index (χ3v) is 5.39. The number of hydrogen-bond acceptors (Lipinski definition) is 6. The molecule has 0 bridgehead atoms. The molecule has 0 saturated carbocycles. The molecule has 1 aliphatic carbocycles. The Kier molecular flexibility index (Phi) is 6.97. The summed E-state index contributed by atoms with van der Waals surface area (Å²) in [7, 11) is 0. The molecule has 8 nitrogen and oxygen atoms in total. The molecule has 30 heavy (non-hydrogen) atoms. The van der Waals surface area contributed by atoms with Crippen LogP contribution in [-0.2, 0) is 19.1 Å². The van der Waals surface area contributed by atoms with E-state index in [-0.39, 0.29) is 48.6 Å². The molecule has 0 radical (unpaired) electrons. The van der Waals surface area contributed by atoms with Crippen molar-refractivity contribution in [2.24, 2.45) is 17.8 Å². The van der Waals surface area contributed by atoms with E-state index in [1.165, 1.54) is 12.4 Å². The lowest BCUT2D eigenvalue weighted by Gasteiger charge is -2.26. The number of carbonyl (C=O) groups is 4. The van der Waals surface area contributed by atoms with E-state index in [0.29, 0.717) is 24.8 Å². The zero-order valence-corrected chi connectivity index (χ0v) is 17.2. The highest BCUT2D eigenvalue weighted by Gasteiger charge is 2.51. The lowest BCUT2D eigenvalue weighted by Crippen LogP contribution is -2.47. The molecule has 0 aromatic carbocycles. The number of imide groups is 1. The van der Waals surface area contributed by atoms with Crippen LogP contribution in [0, 0.1) is 17.8 Å². The number of likely N-dealkylation sites (tertiary alicyclic amines) is 1. The molecule has 0 unspecified atom stereocenters. The molecule has 3 rings (SSSR count). The van der Waals surface area contributed by atoms with Crippen LogP contribution in [0.1, 0.15) is 43.5 Å². The van der Waals surface area contributed by atoms with Crippen LogP contribution in [0.5, 0.6) is 0 Å². The van der Waals surface area contributed by atoms with E-state index in [2.05, 4.69) is 10.3 Å². The second kappa shape index (κ2) is 9.65. The van der Waals surface area contributed by atoms with Gasteiger partial charge in [0, 0.05) is 18.0 Å². The van der Waals surface area contributed by atoms with Gasteiger partial charge in [-0.3, -0.25) is 24.3 Å². The normalized spacial score (nSPS) is 21.5. The van der Waals surface area contributed by atoms with E-state index < -0.39 is 12.0 Å². The Labute approximate surface area is 175 Å². The van der Waals surface area contributed by atoms with Crippen LogP contribution >= 0.6 is 0 Å². The summed E-state index contributed by atoms with van der Waals surface area (Å²) in [4.78, 5) is 55.5. The summed E-state index contributed by atoms with van der Waals surface area (Å²) in [6.45, 7) is 3.93. The molecular weight excluding hydrogens is 386 g/mol. The quantitative estimate of drug-likeness (QED) is 0.301. The maximum absolute atomic E-state index is 12.9. The lowest BCUT2D eigenvalue weighted by molar-refractivity contribution is -0.159. The zero-order valence-electron chi connectivity index (χ0n) is 17.2. The summed E-state index contributed by atoms with van der Waals surface area (Å²) in [5.41, 5.74) is 0.457. The number of fused-ring (bicyclic) bond motifs is 1. The van der Waals surface area contributed by atoms with Gasteiger partial charge < -0.3 is 10.1 Å². The Morgan fingerprint density at radius 2 is 1.73 bits per heavy atom. The number of rotatable bonds is 8. The first-order valence-electron chi connectivity index (χ1n) is 10.3. The van der Waals surface area contributed by atoms with E-state index >= 15 is 0 Å². The molecule has 3 atom stereocenters. The molecule has 1 aromatic heterocycles. The van der Waals surface area contributed by atoms with Crippen molar-refractivity contribution in [2.45, 2.75) is 39.2 Å². The van der Waals surface area contributed by atoms with Crippen LogP contribution in [0.15, 0.2) is 36.7 Å². The number of ether oxygens (including phenoxy) is 1. The Morgan fingerprint density at radius 1 is 1.13 bits per heavy atom. The maximum Gasteiger partial charge on any atom is 0.329 e. The first kappa shape index (κ1) is 21.7. The van der Waals surface area contributed by atoms with Gasteiger partial charge >= 0.3 is 5.97 Å². The summed E-state index contributed by atoms with van der Waals surface area (Å²) in [5.74, 6) is -2.17. The molecule has 2 aliphatic rings. The maximum atomic E-state index is 12.9. The van der Waals surface area contributed by atoms with Crippen LogP contribution in [0.3, 0.4) is 0 Å². The number of pyridine rings is 1. The summed E-state index contributed by atoms with van der Waals surface area (Å²) < 4.78 is 5.33. The van der Waals surface area contributed by atoms with E-state index in [1.807, 2.05) is 26.0 Å². The third-order valence-electron chi connectivity index (χ3n) is 5.39. The molecule has 0 spiro atoms. The van der Waals surface area contributed by atoms with Crippen molar-refractivity contribution in [3.8, 4) is 0 Å². The second-order valence-corrected chi connectivity index (χ2v) is 8.01. The van der Waals surface area contributed by atoms with Gasteiger partial charge in [0.1, 0.15) is 12.6 Å². The van der Waals surface area contributed by atoms with E-state index in [0.717, 1.165) is 4.90 Å². The topological polar surface area (TPSA) is 106 Å². The molecular formula is C22H27N3O5. The van der Waals surface area contributed by atoms with Gasteiger partial charge in [-0.25, -0.2) is 4.79 Å². The fourth-order valence-electron chi connectivity index (χ4n) is 3.90. The van der Waals surface area contributed by atoms with Gasteiger partial charge in [0.05, 0.1) is 18.4 Å². The standard InChI is InChI=1S/C22H27N3O5/c1-14(2)13-18(25-20(27)16-5-3-4-6-17(16)21(25)28)22(29)30-12-11-24-19(26)15-7-9-23-10-8-15/h3-4,7-10,14,16-18H,5-6,11-13H2,1-2H3,(H,24,26)/t16-,17+,18-/m0/s1. The number of aromatic nitrogens is 1. The van der Waals surface area contributed by atoms with Crippen LogP contribution in [-0.4, -0.2) is 52.8 Å². The van der Waals surface area contributed by atoms with Crippen molar-refractivity contribution < 1.29 is 23.9 Å². The molecule has 3 amide bonds. The highest BCUT2D eigenvalue weighted by molar-refractivity contribution is 6.08. The van der Waals surface area contributed by atoms with Crippen molar-refractivity contribution in [3.63, 3.8) is 0 Å². The minimum Gasteiger partial charge on any atom is -0.462 e. The van der Waals surface area contributed by atoms with Gasteiger partial charge in [0.15, 0.2) is 0 Å². The number of amides is 3. The molecule has 1 aromatic rings. The van der Waals surface area contributed by atoms with E-state index in [9.17, 15) is 19.2 Å². The average molecular weight is 413 g/mol. The minimum atomic E-state index is -0.938. The Morgan fingerprint density at radius 3 is 2.30 bits per heavy atom. The molecule has 1 fully saturated rings. The monoisotopic (exact) mass is 413 g/mol. The predicted molar refractivity (Wildman–Crippen MR) is 108 cm³/mol. The van der Waals surface area contributed by atoms with Crippen LogP contribution in [0.25, 0.3) is 0 Å². The number of nitrogens with zero attached hydrogens (tertiary/aromatic N) is 2. The number of allylic oxidation sites excluding steroid dienone is 2. The number of carbonyl (C=O) groups excluding carboxylic acids is 4. The fourth-order valence-corrected chi connectivity index (χ4v) is 3.90. The summed E-state index contributed by atoms with van der Waals surface area (Å²) >= 11 is 0. The van der Waals surface area contributed by atoms with Gasteiger partial charge in [-0.1, -0.05) is 26.0 Å². The first-order valence-corrected chi connectivity index (χ1v) is 10.3. The van der Waals surface area contributed by atoms with Crippen molar-refractivity contribution in [3.05, 3.63) is 42.2 Å². The van der Waals surface area contributed by atoms with Crippen LogP contribution in [0.2, 0.25) is 0 Å². The summed E-state index contributed by atoms with van der Waals surface area (Å²) in [6, 6.07) is 2.23. The number of hydrogen-bond donors (Lipinski definition) is 1. The highest BCUT2D eigenvalue weighted by Crippen LogP contribution is 2.37. The molecule has 1 saturated heterocycles. The van der Waals surface area contributed by atoms with Crippen molar-refractivity contribution in [2.75, 3.05) is 13.2 Å². The molecule has 2 heterocycles. The minimum absolute atomic E-state index is 0.0467. The summed E-state index contributed by atoms with van der Waals surface area (Å²) in [5, 5.41) is 2.66. The van der Waals surface area contributed by atoms with E-state index in [1.54, 1.807) is 12.1 Å². The van der Waals surface area contributed by atoms with E-state index in [4.69, 9.17) is 4.74 Å². The highest BCUT2D eigenvalue weighted by atomic mass is 16.5. The van der Waals surface area contributed by atoms with Gasteiger partial charge in [-0.2, -0.15) is 0 Å². The zero-order chi connectivity index (χ0) is 21.7. The Bertz CT molecular complexity index is 810. The van der Waals surface area contributed by atoms with Gasteiger partial charge in [-0.15, -0.1) is 0 Å². The fraction of sp³-hybridized carbons (Fsp3) is 0.500. The second-order valence-electron chi connectivity index (χ2n) is 8.01. The smallest absolute Gasteiger partial charge is 0.329 e. The first-order chi connectivity index (χ1) is 14.4. The van der Waals surface area contributed by atoms with Crippen molar-refractivity contribution in [1.82, 2.24) is 15.2 Å². The number of esters is 1. The SMILES string of the molecule is CC(C)C[C@@H](C(=O)OCCNC(=O)c1ccncc1)N1C(=O)[C@H]2CC=CC[C@H]2C1=O. The summed E-state index contributed by atoms with van der Waals surface area (Å²) in [6.07, 6.45) is 8.25. The van der Waals surface area contributed by atoms with Gasteiger partial charge in [-0.05, 0) is 37.3 Å². The Balaban J connectivity index is 1.58. The predicted octanol–water partition coefficient (Wildman–Crippen LogP) is 1.72. The van der Waals surface area contributed by atoms with Crippen LogP contribution in [0.4, 0.5) is 0 Å². The molecule has 1 N–H and O–H groups in total. The van der Waals surface area contributed by atoms with Gasteiger partial charge in [0.25, 0.3) is 5.91 Å². The van der Waals surface area contributed by atoms with Gasteiger partial charge in [0.2, 0.25) is 11.8 Å². The molecule has 160 valence electrons. The molecule has 8 heteroatoms. The number of nitrogens with one attached hydrogen (secondary N) is 1. The third kappa shape index (κ3) is 4.75. The van der Waals surface area contributed by atoms with Crippen LogP contribution < -0.4 is 5.32 Å². The van der Waals surface area contributed by atoms with Crippen molar-refractivity contribution in [1.29, 1.82) is 0 Å². The lowest BCUT2D eigenvalue weighted by atomic mass is 9.85. The van der Waals surface area contributed by atoms with Crippen molar-refractivity contribution >= 4 is 23.7 Å². The average Bonchev–Trinajstić information content (AvgIpc) is 3.00. The largest absolute Gasteiger partial charge is 0.462 e. The Hall–Kier alpha value is -3.03. The molecule has 1 aliphatic heterocycles.